The monoisotopic (exact) mass is 711 g/mol. The number of sulfonamides is 1. The molecule has 1 aliphatic heterocycles. The zero-order chi connectivity index (χ0) is 32.5. The van der Waals surface area contributed by atoms with Crippen molar-refractivity contribution in [3.63, 3.8) is 0 Å². The van der Waals surface area contributed by atoms with Crippen LogP contribution in [0.25, 0.3) is 0 Å². The van der Waals surface area contributed by atoms with Gasteiger partial charge in [-0.3, -0.25) is 13.9 Å². The van der Waals surface area contributed by atoms with E-state index in [0.717, 1.165) is 47.5 Å². The lowest BCUT2D eigenvalue weighted by Crippen LogP contribution is -2.52. The number of halogens is 1. The molecule has 1 N–H and O–H groups in total. The molecular formula is C35H42BrN3O6S. The third-order valence-corrected chi connectivity index (χ3v) is 10.2. The average molecular weight is 713 g/mol. The minimum Gasteiger partial charge on any atom is -0.486 e. The molecule has 246 valence electrons. The van der Waals surface area contributed by atoms with E-state index in [0.29, 0.717) is 36.8 Å². The Kier molecular flexibility index (Phi) is 11.6. The highest BCUT2D eigenvalue weighted by Gasteiger charge is 2.32. The van der Waals surface area contributed by atoms with Crippen LogP contribution in [0.3, 0.4) is 0 Å². The van der Waals surface area contributed by atoms with Gasteiger partial charge in [0.05, 0.1) is 11.9 Å². The first-order valence-electron chi connectivity index (χ1n) is 15.9. The Labute approximate surface area is 280 Å². The van der Waals surface area contributed by atoms with E-state index in [1.54, 1.807) is 23.1 Å². The number of anilines is 1. The Morgan fingerprint density at radius 3 is 2.30 bits per heavy atom. The van der Waals surface area contributed by atoms with E-state index in [4.69, 9.17) is 9.47 Å². The number of rotatable bonds is 13. The molecule has 1 saturated carbocycles. The van der Waals surface area contributed by atoms with Crippen molar-refractivity contribution in [1.29, 1.82) is 0 Å². The number of hydrogen-bond donors (Lipinski definition) is 1. The van der Waals surface area contributed by atoms with Gasteiger partial charge in [0, 0.05) is 42.5 Å². The second kappa shape index (κ2) is 15.8. The highest BCUT2D eigenvalue weighted by atomic mass is 79.9. The molecule has 1 heterocycles. The number of carbonyl (C=O) groups is 2. The number of hydrogen-bond acceptors (Lipinski definition) is 6. The van der Waals surface area contributed by atoms with Crippen LogP contribution in [-0.4, -0.2) is 63.2 Å². The number of nitrogens with one attached hydrogen (secondary N) is 1. The first-order chi connectivity index (χ1) is 22.2. The maximum atomic E-state index is 14.1. The zero-order valence-electron chi connectivity index (χ0n) is 26.2. The molecule has 0 unspecified atom stereocenters. The Morgan fingerprint density at radius 2 is 1.61 bits per heavy atom. The number of benzene rings is 3. The predicted molar refractivity (Wildman–Crippen MR) is 182 cm³/mol. The third kappa shape index (κ3) is 9.25. The molecule has 3 aromatic rings. The normalized spacial score (nSPS) is 15.5. The Balaban J connectivity index is 1.37. The van der Waals surface area contributed by atoms with E-state index in [9.17, 15) is 18.0 Å². The van der Waals surface area contributed by atoms with Crippen LogP contribution in [0.2, 0.25) is 0 Å². The largest absolute Gasteiger partial charge is 0.486 e. The molecule has 1 atom stereocenters. The van der Waals surface area contributed by atoms with Gasteiger partial charge < -0.3 is 19.7 Å². The van der Waals surface area contributed by atoms with Gasteiger partial charge in [-0.15, -0.1) is 0 Å². The summed E-state index contributed by atoms with van der Waals surface area (Å²) in [6, 6.07) is 21.9. The van der Waals surface area contributed by atoms with Crippen molar-refractivity contribution in [2.75, 3.05) is 30.3 Å². The van der Waals surface area contributed by atoms with Crippen molar-refractivity contribution in [3.8, 4) is 11.5 Å². The van der Waals surface area contributed by atoms with Crippen molar-refractivity contribution in [2.24, 2.45) is 0 Å². The molecule has 0 aromatic heterocycles. The highest BCUT2D eigenvalue weighted by molar-refractivity contribution is 9.10. The third-order valence-electron chi connectivity index (χ3n) is 8.45. The summed E-state index contributed by atoms with van der Waals surface area (Å²) in [7, 11) is -3.66. The van der Waals surface area contributed by atoms with E-state index >= 15 is 0 Å². The van der Waals surface area contributed by atoms with Gasteiger partial charge in [0.15, 0.2) is 11.5 Å². The Bertz CT molecular complexity index is 1580. The van der Waals surface area contributed by atoms with E-state index in [-0.39, 0.29) is 43.8 Å². The van der Waals surface area contributed by atoms with Crippen LogP contribution in [0.1, 0.15) is 56.1 Å². The number of amides is 2. The topological polar surface area (TPSA) is 105 Å². The van der Waals surface area contributed by atoms with Crippen LogP contribution in [0.15, 0.2) is 77.3 Å². The van der Waals surface area contributed by atoms with Gasteiger partial charge in [-0.1, -0.05) is 77.7 Å². The molecule has 1 fully saturated rings. The van der Waals surface area contributed by atoms with Crippen molar-refractivity contribution in [1.82, 2.24) is 10.2 Å². The van der Waals surface area contributed by atoms with E-state index < -0.39 is 16.1 Å². The van der Waals surface area contributed by atoms with Gasteiger partial charge in [0.25, 0.3) is 0 Å². The fourth-order valence-corrected chi connectivity index (χ4v) is 7.30. The summed E-state index contributed by atoms with van der Waals surface area (Å²) in [5.41, 5.74) is 2.30. The SMILES string of the molecule is CS(=O)(=O)N(CCCC(=O)N(Cc1ccc(Br)cc1)[C@@H](Cc1ccccc1)C(=O)NC1CCCCC1)c1ccc2c(c1)OCCO2. The number of carbonyl (C=O) groups excluding carboxylic acids is 2. The van der Waals surface area contributed by atoms with Crippen LogP contribution in [0.5, 0.6) is 11.5 Å². The summed E-state index contributed by atoms with van der Waals surface area (Å²) in [6.45, 7) is 1.16. The van der Waals surface area contributed by atoms with E-state index in [2.05, 4.69) is 21.2 Å². The summed E-state index contributed by atoms with van der Waals surface area (Å²) in [4.78, 5) is 29.8. The second-order valence-corrected chi connectivity index (χ2v) is 14.8. The van der Waals surface area contributed by atoms with Crippen LogP contribution in [0.4, 0.5) is 5.69 Å². The van der Waals surface area contributed by atoms with Crippen LogP contribution < -0.4 is 19.1 Å². The van der Waals surface area contributed by atoms with Gasteiger partial charge in [0.1, 0.15) is 19.3 Å². The summed E-state index contributed by atoms with van der Waals surface area (Å²) in [5, 5.41) is 3.26. The molecule has 0 radical (unpaired) electrons. The predicted octanol–water partition coefficient (Wildman–Crippen LogP) is 5.86. The number of nitrogens with zero attached hydrogens (tertiary/aromatic N) is 2. The molecule has 11 heteroatoms. The molecule has 3 aromatic carbocycles. The standard InChI is InChI=1S/C35H42BrN3O6S/c1-46(42,43)39(30-18-19-32-33(24-30)45-22-21-44-32)20-8-13-34(40)38(25-27-14-16-28(36)17-15-27)31(23-26-9-4-2-5-10-26)35(41)37-29-11-6-3-7-12-29/h2,4-5,9-10,14-19,24,29,31H,3,6-8,11-13,20-23,25H2,1H3,(H,37,41)/t31-/m0/s1. The summed E-state index contributed by atoms with van der Waals surface area (Å²) in [5.74, 6) is 0.688. The minimum absolute atomic E-state index is 0.0646. The minimum atomic E-state index is -3.66. The molecule has 0 bridgehead atoms. The lowest BCUT2D eigenvalue weighted by Gasteiger charge is -2.34. The van der Waals surface area contributed by atoms with Gasteiger partial charge in [-0.2, -0.15) is 0 Å². The van der Waals surface area contributed by atoms with Gasteiger partial charge in [-0.05, 0) is 54.7 Å². The summed E-state index contributed by atoms with van der Waals surface area (Å²) in [6.07, 6.45) is 7.05. The maximum absolute atomic E-state index is 14.1. The van der Waals surface area contributed by atoms with Crippen LogP contribution >= 0.6 is 15.9 Å². The van der Waals surface area contributed by atoms with Crippen LogP contribution in [-0.2, 0) is 32.6 Å². The van der Waals surface area contributed by atoms with E-state index in [1.807, 2.05) is 54.6 Å². The molecule has 2 aliphatic rings. The molecule has 5 rings (SSSR count). The van der Waals surface area contributed by atoms with Crippen LogP contribution in [0, 0.1) is 0 Å². The molecule has 0 spiro atoms. The van der Waals surface area contributed by atoms with Crippen molar-refractivity contribution in [3.05, 3.63) is 88.4 Å². The summed E-state index contributed by atoms with van der Waals surface area (Å²) < 4.78 is 39.2. The lowest BCUT2D eigenvalue weighted by atomic mass is 9.94. The molecule has 9 nitrogen and oxygen atoms in total. The van der Waals surface area contributed by atoms with Crippen molar-refractivity contribution >= 4 is 43.5 Å². The number of fused-ring (bicyclic) bond motifs is 1. The first kappa shape index (κ1) is 33.8. The second-order valence-electron chi connectivity index (χ2n) is 12.0. The first-order valence-corrected chi connectivity index (χ1v) is 18.6. The fraction of sp³-hybridized carbons (Fsp3) is 0.429. The number of ether oxygens (including phenoxy) is 2. The molecule has 0 saturated heterocycles. The Morgan fingerprint density at radius 1 is 0.913 bits per heavy atom. The van der Waals surface area contributed by atoms with Crippen molar-refractivity contribution < 1.29 is 27.5 Å². The molecule has 1 aliphatic carbocycles. The smallest absolute Gasteiger partial charge is 0.243 e. The highest BCUT2D eigenvalue weighted by Crippen LogP contribution is 2.35. The fourth-order valence-electron chi connectivity index (χ4n) is 6.08. The van der Waals surface area contributed by atoms with Gasteiger partial charge in [0.2, 0.25) is 21.8 Å². The van der Waals surface area contributed by atoms with Gasteiger partial charge in [-0.25, -0.2) is 8.42 Å². The maximum Gasteiger partial charge on any atom is 0.243 e. The lowest BCUT2D eigenvalue weighted by molar-refractivity contribution is -0.141. The molecule has 2 amide bonds. The molecular weight excluding hydrogens is 670 g/mol. The van der Waals surface area contributed by atoms with Crippen molar-refractivity contribution in [2.45, 2.75) is 70.0 Å². The quantitative estimate of drug-likeness (QED) is 0.238. The van der Waals surface area contributed by atoms with Gasteiger partial charge >= 0.3 is 0 Å². The summed E-state index contributed by atoms with van der Waals surface area (Å²) >= 11 is 3.48. The average Bonchev–Trinajstić information content (AvgIpc) is 3.05. The Hall–Kier alpha value is -3.57. The van der Waals surface area contributed by atoms with E-state index in [1.165, 1.54) is 10.7 Å². The zero-order valence-corrected chi connectivity index (χ0v) is 28.6. The molecule has 46 heavy (non-hydrogen) atoms.